The first kappa shape index (κ1) is 13.1. The smallest absolute Gasteiger partial charge is 0.226 e. The van der Waals surface area contributed by atoms with Gasteiger partial charge in [-0.25, -0.2) is 4.68 Å². The van der Waals surface area contributed by atoms with Crippen LogP contribution in [0.4, 0.5) is 5.95 Å². The van der Waals surface area contributed by atoms with Crippen molar-refractivity contribution in [3.8, 4) is 5.75 Å². The van der Waals surface area contributed by atoms with Gasteiger partial charge in [-0.05, 0) is 35.2 Å². The topological polar surface area (TPSA) is 52.0 Å². The van der Waals surface area contributed by atoms with Gasteiger partial charge >= 0.3 is 0 Å². The molecule has 4 rings (SSSR count). The number of rotatable bonds is 3. The Kier molecular flexibility index (Phi) is 3.16. The van der Waals surface area contributed by atoms with Crippen molar-refractivity contribution in [3.63, 3.8) is 0 Å². The van der Waals surface area contributed by atoms with Crippen molar-refractivity contribution in [3.05, 3.63) is 64.6 Å². The van der Waals surface area contributed by atoms with E-state index in [9.17, 15) is 0 Å². The second-order valence-electron chi connectivity index (χ2n) is 4.93. The summed E-state index contributed by atoms with van der Waals surface area (Å²) in [6.45, 7) is 0. The summed E-state index contributed by atoms with van der Waals surface area (Å²) in [6, 6.07) is 12.2. The number of methoxy groups -OCH3 is 1. The van der Waals surface area contributed by atoms with Crippen LogP contribution in [0.15, 0.2) is 54.2 Å². The Bertz CT molecular complexity index is 805. The van der Waals surface area contributed by atoms with Crippen molar-refractivity contribution in [1.29, 1.82) is 0 Å². The van der Waals surface area contributed by atoms with E-state index in [0.717, 1.165) is 23.0 Å². The molecular formula is C16H14N4OS. The third kappa shape index (κ3) is 2.17. The van der Waals surface area contributed by atoms with Gasteiger partial charge in [0.25, 0.3) is 0 Å². The van der Waals surface area contributed by atoms with Gasteiger partial charge in [-0.15, -0.1) is 11.3 Å². The molecule has 0 saturated heterocycles. The Balaban J connectivity index is 1.78. The zero-order valence-electron chi connectivity index (χ0n) is 11.9. The second kappa shape index (κ2) is 5.31. The molecule has 1 atom stereocenters. The number of hydrogen-bond donors (Lipinski definition) is 1. The van der Waals surface area contributed by atoms with E-state index >= 15 is 0 Å². The standard InChI is InChI=1S/C16H14N4OS/c1-21-12-6-4-11(5-7-12)14-9-13(15-3-2-8-22-15)19-16-17-10-18-20(14)16/h2-10,14H,1H3,(H,17,18,19)/t14-/m1/s1. The Morgan fingerprint density at radius 1 is 1.23 bits per heavy atom. The van der Waals surface area contributed by atoms with Crippen LogP contribution in [0.1, 0.15) is 16.5 Å². The van der Waals surface area contributed by atoms with Crippen LogP contribution in [0.5, 0.6) is 5.75 Å². The molecule has 3 heterocycles. The Hall–Kier alpha value is -2.60. The molecule has 0 bridgehead atoms. The van der Waals surface area contributed by atoms with E-state index in [1.807, 2.05) is 22.9 Å². The van der Waals surface area contributed by atoms with E-state index in [4.69, 9.17) is 4.74 Å². The molecule has 0 fully saturated rings. The molecule has 0 spiro atoms. The second-order valence-corrected chi connectivity index (χ2v) is 5.88. The average molecular weight is 310 g/mol. The first-order chi connectivity index (χ1) is 10.8. The Morgan fingerprint density at radius 3 is 2.82 bits per heavy atom. The number of ether oxygens (including phenoxy) is 1. The van der Waals surface area contributed by atoms with Crippen LogP contribution >= 0.6 is 11.3 Å². The maximum Gasteiger partial charge on any atom is 0.226 e. The number of aromatic nitrogens is 3. The number of thiophene rings is 1. The van der Waals surface area contributed by atoms with E-state index in [1.165, 1.54) is 4.88 Å². The quantitative estimate of drug-likeness (QED) is 0.805. The van der Waals surface area contributed by atoms with E-state index in [0.29, 0.717) is 0 Å². The van der Waals surface area contributed by atoms with Crippen LogP contribution in [0, 0.1) is 0 Å². The summed E-state index contributed by atoms with van der Waals surface area (Å²) < 4.78 is 7.12. The SMILES string of the molecule is COc1ccc([C@H]2C=C(c3cccs3)Nc3ncnn32)cc1. The summed E-state index contributed by atoms with van der Waals surface area (Å²) in [6.07, 6.45) is 3.75. The number of fused-ring (bicyclic) bond motifs is 1. The Labute approximate surface area is 131 Å². The van der Waals surface area contributed by atoms with Crippen molar-refractivity contribution in [2.45, 2.75) is 6.04 Å². The van der Waals surface area contributed by atoms with Gasteiger partial charge in [-0.1, -0.05) is 18.2 Å². The molecule has 6 heteroatoms. The average Bonchev–Trinajstić information content (AvgIpc) is 3.25. The van der Waals surface area contributed by atoms with E-state index < -0.39 is 0 Å². The van der Waals surface area contributed by atoms with E-state index in [2.05, 4.69) is 45.1 Å². The minimum atomic E-state index is 0.0155. The molecule has 2 aromatic heterocycles. The first-order valence-electron chi connectivity index (χ1n) is 6.91. The number of benzene rings is 1. The monoisotopic (exact) mass is 310 g/mol. The van der Waals surface area contributed by atoms with E-state index in [1.54, 1.807) is 24.8 Å². The lowest BCUT2D eigenvalue weighted by Crippen LogP contribution is -2.19. The fraction of sp³-hybridized carbons (Fsp3) is 0.125. The Morgan fingerprint density at radius 2 is 2.09 bits per heavy atom. The highest BCUT2D eigenvalue weighted by Crippen LogP contribution is 2.33. The van der Waals surface area contributed by atoms with Crippen molar-refractivity contribution in [1.82, 2.24) is 14.8 Å². The van der Waals surface area contributed by atoms with Crippen molar-refractivity contribution in [2.75, 3.05) is 12.4 Å². The number of hydrogen-bond acceptors (Lipinski definition) is 5. The molecule has 5 nitrogen and oxygen atoms in total. The molecule has 1 aliphatic heterocycles. The van der Waals surface area contributed by atoms with Gasteiger partial charge in [0.1, 0.15) is 18.1 Å². The van der Waals surface area contributed by atoms with Gasteiger partial charge in [0, 0.05) is 0 Å². The lowest BCUT2D eigenvalue weighted by Gasteiger charge is -2.23. The molecule has 0 unspecified atom stereocenters. The van der Waals surface area contributed by atoms with E-state index in [-0.39, 0.29) is 6.04 Å². The zero-order chi connectivity index (χ0) is 14.9. The van der Waals surface area contributed by atoms with Crippen LogP contribution in [0.2, 0.25) is 0 Å². The number of nitrogens with zero attached hydrogens (tertiary/aromatic N) is 3. The summed E-state index contributed by atoms with van der Waals surface area (Å²) in [5.41, 5.74) is 2.21. The summed E-state index contributed by atoms with van der Waals surface area (Å²) in [5.74, 6) is 1.60. The highest BCUT2D eigenvalue weighted by atomic mass is 32.1. The van der Waals surface area contributed by atoms with Gasteiger partial charge < -0.3 is 10.1 Å². The molecular weight excluding hydrogens is 296 g/mol. The predicted octanol–water partition coefficient (Wildman–Crippen LogP) is 3.40. The summed E-state index contributed by atoms with van der Waals surface area (Å²) in [7, 11) is 1.67. The maximum atomic E-state index is 5.23. The van der Waals surface area contributed by atoms with Crippen molar-refractivity contribution >= 4 is 23.0 Å². The first-order valence-corrected chi connectivity index (χ1v) is 7.79. The van der Waals surface area contributed by atoms with Crippen molar-refractivity contribution in [2.24, 2.45) is 0 Å². The fourth-order valence-electron chi connectivity index (χ4n) is 2.55. The molecule has 0 aliphatic carbocycles. The number of allylic oxidation sites excluding steroid dienone is 1. The normalized spacial score (nSPS) is 16.6. The highest BCUT2D eigenvalue weighted by Gasteiger charge is 2.23. The maximum absolute atomic E-state index is 5.23. The molecule has 110 valence electrons. The predicted molar refractivity (Wildman–Crippen MR) is 87.1 cm³/mol. The highest BCUT2D eigenvalue weighted by molar-refractivity contribution is 7.11. The third-order valence-electron chi connectivity index (χ3n) is 3.65. The van der Waals surface area contributed by atoms with Crippen LogP contribution in [-0.2, 0) is 0 Å². The lowest BCUT2D eigenvalue weighted by atomic mass is 10.0. The molecule has 3 aromatic rings. The molecule has 1 aromatic carbocycles. The number of anilines is 1. The lowest BCUT2D eigenvalue weighted by molar-refractivity contribution is 0.414. The van der Waals surface area contributed by atoms with Gasteiger partial charge in [-0.3, -0.25) is 0 Å². The molecule has 0 radical (unpaired) electrons. The van der Waals surface area contributed by atoms with Gasteiger partial charge in [0.05, 0.1) is 17.7 Å². The van der Waals surface area contributed by atoms with Crippen LogP contribution < -0.4 is 10.1 Å². The molecule has 0 saturated carbocycles. The molecule has 22 heavy (non-hydrogen) atoms. The zero-order valence-corrected chi connectivity index (χ0v) is 12.7. The van der Waals surface area contributed by atoms with Crippen LogP contribution in [-0.4, -0.2) is 21.9 Å². The van der Waals surface area contributed by atoms with Crippen LogP contribution in [0.25, 0.3) is 5.70 Å². The number of nitrogens with one attached hydrogen (secondary N) is 1. The third-order valence-corrected chi connectivity index (χ3v) is 4.55. The molecule has 0 amide bonds. The summed E-state index contributed by atoms with van der Waals surface area (Å²) in [5, 5.41) is 9.75. The van der Waals surface area contributed by atoms with Crippen molar-refractivity contribution < 1.29 is 4.74 Å². The molecule has 1 N–H and O–H groups in total. The fourth-order valence-corrected chi connectivity index (χ4v) is 3.25. The summed E-state index contributed by atoms with van der Waals surface area (Å²) >= 11 is 1.70. The minimum absolute atomic E-state index is 0.0155. The van der Waals surface area contributed by atoms with Gasteiger partial charge in [0.2, 0.25) is 5.95 Å². The van der Waals surface area contributed by atoms with Gasteiger partial charge in [-0.2, -0.15) is 10.1 Å². The molecule has 1 aliphatic rings. The minimum Gasteiger partial charge on any atom is -0.497 e. The van der Waals surface area contributed by atoms with Gasteiger partial charge in [0.15, 0.2) is 0 Å². The summed E-state index contributed by atoms with van der Waals surface area (Å²) in [4.78, 5) is 5.49. The van der Waals surface area contributed by atoms with Crippen LogP contribution in [0.3, 0.4) is 0 Å². The largest absolute Gasteiger partial charge is 0.497 e.